The number of sulfonamides is 1. The second-order valence-electron chi connectivity index (χ2n) is 3.68. The van der Waals surface area contributed by atoms with Crippen LogP contribution >= 0.6 is 11.6 Å². The van der Waals surface area contributed by atoms with Gasteiger partial charge in [-0.1, -0.05) is 11.6 Å². The van der Waals surface area contributed by atoms with Gasteiger partial charge in [-0.3, -0.25) is 4.79 Å². The molecule has 9 heteroatoms. The molecule has 0 amide bonds. The molecule has 0 bridgehead atoms. The molecule has 0 saturated carbocycles. The number of ether oxygens (including phenoxy) is 1. The molecule has 0 radical (unpaired) electrons. The number of aliphatic carboxylic acids is 1. The molecule has 0 unspecified atom stereocenters. The summed E-state index contributed by atoms with van der Waals surface area (Å²) in [6.45, 7) is -0.257. The second kappa shape index (κ2) is 6.69. The summed E-state index contributed by atoms with van der Waals surface area (Å²) in [4.78, 5) is 21.4. The van der Waals surface area contributed by atoms with Crippen LogP contribution in [0.5, 0.6) is 0 Å². The molecule has 1 aromatic rings. The minimum atomic E-state index is -3.93. The van der Waals surface area contributed by atoms with Gasteiger partial charge in [0.05, 0.1) is 24.1 Å². The highest BCUT2D eigenvalue weighted by Gasteiger charge is 2.19. The molecule has 0 aromatic heterocycles. The smallest absolute Gasteiger partial charge is 0.337 e. The van der Waals surface area contributed by atoms with E-state index in [2.05, 4.69) is 9.46 Å². The van der Waals surface area contributed by atoms with Gasteiger partial charge in [-0.15, -0.1) is 0 Å². The monoisotopic (exact) mass is 321 g/mol. The Bertz CT molecular complexity index is 628. The van der Waals surface area contributed by atoms with Crippen LogP contribution in [0.2, 0.25) is 5.02 Å². The first-order valence-electron chi connectivity index (χ1n) is 5.37. The Kier molecular flexibility index (Phi) is 5.49. The zero-order chi connectivity index (χ0) is 15.3. The minimum Gasteiger partial charge on any atom is -0.481 e. The molecular formula is C11H12ClNO6S. The zero-order valence-electron chi connectivity index (χ0n) is 10.4. The first-order valence-corrected chi connectivity index (χ1v) is 7.23. The summed E-state index contributed by atoms with van der Waals surface area (Å²) in [5, 5.41) is 8.29. The van der Waals surface area contributed by atoms with Crippen molar-refractivity contribution in [1.82, 2.24) is 4.72 Å². The lowest BCUT2D eigenvalue weighted by molar-refractivity contribution is -0.136. The van der Waals surface area contributed by atoms with E-state index in [1.165, 1.54) is 19.2 Å². The SMILES string of the molecule is COC(=O)c1ccc(S(=O)(=O)NCCC(=O)O)c(Cl)c1. The molecule has 0 aliphatic rings. The molecule has 0 heterocycles. The lowest BCUT2D eigenvalue weighted by atomic mass is 10.2. The first kappa shape index (κ1) is 16.4. The average Bonchev–Trinajstić information content (AvgIpc) is 2.36. The second-order valence-corrected chi connectivity index (χ2v) is 5.82. The van der Waals surface area contributed by atoms with Crippen LogP contribution in [-0.2, 0) is 19.6 Å². The fraction of sp³-hybridized carbons (Fsp3) is 0.273. The molecule has 0 atom stereocenters. The maximum absolute atomic E-state index is 11.9. The van der Waals surface area contributed by atoms with Gasteiger partial charge in [0.15, 0.2) is 0 Å². The summed E-state index contributed by atoms with van der Waals surface area (Å²) < 4.78 is 30.3. The molecule has 0 aliphatic carbocycles. The minimum absolute atomic E-state index is 0.113. The summed E-state index contributed by atoms with van der Waals surface area (Å²) in [5.74, 6) is -1.77. The van der Waals surface area contributed by atoms with Crippen LogP contribution in [0.1, 0.15) is 16.8 Å². The Morgan fingerprint density at radius 2 is 2.05 bits per heavy atom. The maximum Gasteiger partial charge on any atom is 0.337 e. The highest BCUT2D eigenvalue weighted by atomic mass is 35.5. The van der Waals surface area contributed by atoms with Crippen LogP contribution < -0.4 is 4.72 Å². The molecule has 0 aliphatic heterocycles. The number of carboxylic acids is 1. The average molecular weight is 322 g/mol. The Labute approximate surface area is 120 Å². The van der Waals surface area contributed by atoms with Crippen molar-refractivity contribution in [3.63, 3.8) is 0 Å². The van der Waals surface area contributed by atoms with Gasteiger partial charge in [0.1, 0.15) is 4.90 Å². The van der Waals surface area contributed by atoms with Gasteiger partial charge in [-0.25, -0.2) is 17.9 Å². The predicted octanol–water partition coefficient (Wildman–Crippen LogP) is 0.880. The van der Waals surface area contributed by atoms with Gasteiger partial charge in [-0.2, -0.15) is 0 Å². The van der Waals surface area contributed by atoms with Crippen molar-refractivity contribution < 1.29 is 27.9 Å². The van der Waals surface area contributed by atoms with Crippen LogP contribution in [0.3, 0.4) is 0 Å². The van der Waals surface area contributed by atoms with E-state index < -0.39 is 22.0 Å². The van der Waals surface area contributed by atoms with Crippen molar-refractivity contribution in [1.29, 1.82) is 0 Å². The van der Waals surface area contributed by atoms with Crippen molar-refractivity contribution in [3.05, 3.63) is 28.8 Å². The lowest BCUT2D eigenvalue weighted by Gasteiger charge is -2.08. The van der Waals surface area contributed by atoms with Gasteiger partial charge in [0, 0.05) is 6.54 Å². The topological polar surface area (TPSA) is 110 Å². The van der Waals surface area contributed by atoms with E-state index in [-0.39, 0.29) is 28.4 Å². The molecule has 1 aromatic carbocycles. The number of hydrogen-bond donors (Lipinski definition) is 2. The van der Waals surface area contributed by atoms with Gasteiger partial charge in [-0.05, 0) is 18.2 Å². The van der Waals surface area contributed by atoms with Crippen LogP contribution in [0.25, 0.3) is 0 Å². The standard InChI is InChI=1S/C11H12ClNO6S/c1-19-11(16)7-2-3-9(8(12)6-7)20(17,18)13-5-4-10(14)15/h2-3,6,13H,4-5H2,1H3,(H,14,15). The van der Waals surface area contributed by atoms with Gasteiger partial charge >= 0.3 is 11.9 Å². The summed E-state index contributed by atoms with van der Waals surface area (Å²) in [5.41, 5.74) is 0.113. The fourth-order valence-corrected chi connectivity index (χ4v) is 2.91. The zero-order valence-corrected chi connectivity index (χ0v) is 12.0. The third-order valence-electron chi connectivity index (χ3n) is 2.27. The molecule has 1 rings (SSSR count). The quantitative estimate of drug-likeness (QED) is 0.753. The van der Waals surface area contributed by atoms with Gasteiger partial charge < -0.3 is 9.84 Å². The van der Waals surface area contributed by atoms with Crippen molar-refractivity contribution in [2.75, 3.05) is 13.7 Å². The maximum atomic E-state index is 11.9. The molecule has 0 fully saturated rings. The summed E-state index contributed by atoms with van der Waals surface area (Å²) in [7, 11) is -2.74. The molecular weight excluding hydrogens is 310 g/mol. The van der Waals surface area contributed by atoms with Crippen LogP contribution in [0.15, 0.2) is 23.1 Å². The van der Waals surface area contributed by atoms with Gasteiger partial charge in [0.2, 0.25) is 10.0 Å². The van der Waals surface area contributed by atoms with E-state index in [1.807, 2.05) is 0 Å². The summed E-state index contributed by atoms with van der Waals surface area (Å²) in [6, 6.07) is 3.57. The number of hydrogen-bond acceptors (Lipinski definition) is 5. The molecule has 7 nitrogen and oxygen atoms in total. The number of halogens is 1. The number of rotatable bonds is 6. The summed E-state index contributed by atoms with van der Waals surface area (Å²) in [6.07, 6.45) is -0.350. The molecule has 110 valence electrons. The summed E-state index contributed by atoms with van der Waals surface area (Å²) >= 11 is 5.81. The number of esters is 1. The lowest BCUT2D eigenvalue weighted by Crippen LogP contribution is -2.26. The molecule has 20 heavy (non-hydrogen) atoms. The Hall–Kier alpha value is -1.64. The number of carbonyl (C=O) groups excluding carboxylic acids is 1. The highest BCUT2D eigenvalue weighted by Crippen LogP contribution is 2.22. The van der Waals surface area contributed by atoms with Crippen LogP contribution in [0.4, 0.5) is 0 Å². The fourth-order valence-electron chi connectivity index (χ4n) is 1.33. The van der Waals surface area contributed by atoms with Gasteiger partial charge in [0.25, 0.3) is 0 Å². The van der Waals surface area contributed by atoms with Crippen LogP contribution in [-0.4, -0.2) is 39.1 Å². The third-order valence-corrected chi connectivity index (χ3v) is 4.22. The van der Waals surface area contributed by atoms with Crippen molar-refractivity contribution in [2.24, 2.45) is 0 Å². The Morgan fingerprint density at radius 3 is 2.55 bits per heavy atom. The van der Waals surface area contributed by atoms with E-state index >= 15 is 0 Å². The Morgan fingerprint density at radius 1 is 1.40 bits per heavy atom. The number of nitrogens with one attached hydrogen (secondary N) is 1. The molecule has 2 N–H and O–H groups in total. The Balaban J connectivity index is 2.96. The number of benzene rings is 1. The normalized spacial score (nSPS) is 11.1. The molecule has 0 spiro atoms. The van der Waals surface area contributed by atoms with Crippen molar-refractivity contribution in [2.45, 2.75) is 11.3 Å². The number of carboxylic acid groups (broad SMARTS) is 1. The van der Waals surface area contributed by atoms with Crippen LogP contribution in [0, 0.1) is 0 Å². The highest BCUT2D eigenvalue weighted by molar-refractivity contribution is 7.89. The van der Waals surface area contributed by atoms with E-state index in [0.717, 1.165) is 6.07 Å². The first-order chi connectivity index (χ1) is 9.27. The van der Waals surface area contributed by atoms with E-state index in [9.17, 15) is 18.0 Å². The van der Waals surface area contributed by atoms with Crippen molar-refractivity contribution >= 4 is 33.6 Å². The largest absolute Gasteiger partial charge is 0.481 e. The number of methoxy groups -OCH3 is 1. The predicted molar refractivity (Wildman–Crippen MR) is 70.2 cm³/mol. The number of carbonyl (C=O) groups is 2. The third kappa shape index (κ3) is 4.19. The van der Waals surface area contributed by atoms with Crippen molar-refractivity contribution in [3.8, 4) is 0 Å². The van der Waals surface area contributed by atoms with E-state index in [0.29, 0.717) is 0 Å². The van der Waals surface area contributed by atoms with E-state index in [1.54, 1.807) is 0 Å². The molecule has 0 saturated heterocycles. The van der Waals surface area contributed by atoms with E-state index in [4.69, 9.17) is 16.7 Å².